The molecule has 28 heavy (non-hydrogen) atoms. The van der Waals surface area contributed by atoms with E-state index < -0.39 is 0 Å². The highest BCUT2D eigenvalue weighted by Crippen LogP contribution is 2.22. The number of fused-ring (bicyclic) bond motifs is 1. The van der Waals surface area contributed by atoms with E-state index in [1.54, 1.807) is 19.4 Å². The topological polar surface area (TPSA) is 56.5 Å². The van der Waals surface area contributed by atoms with Gasteiger partial charge in [0.15, 0.2) is 5.82 Å². The van der Waals surface area contributed by atoms with Crippen molar-refractivity contribution in [1.29, 1.82) is 0 Å². The van der Waals surface area contributed by atoms with Gasteiger partial charge in [-0.3, -0.25) is 4.79 Å². The van der Waals surface area contributed by atoms with Crippen LogP contribution in [0.2, 0.25) is 0 Å². The molecule has 0 spiro atoms. The first-order valence-electron chi connectivity index (χ1n) is 8.62. The number of aromatic nitrogens is 2. The molecule has 6 heteroatoms. The van der Waals surface area contributed by atoms with E-state index in [0.29, 0.717) is 22.5 Å². The van der Waals surface area contributed by atoms with Gasteiger partial charge in [0.25, 0.3) is 5.56 Å². The van der Waals surface area contributed by atoms with Gasteiger partial charge in [-0.05, 0) is 30.3 Å². The van der Waals surface area contributed by atoms with Crippen molar-refractivity contribution in [3.63, 3.8) is 0 Å². The Bertz CT molecular complexity index is 1230. The van der Waals surface area contributed by atoms with E-state index in [0.717, 1.165) is 15.6 Å². The van der Waals surface area contributed by atoms with E-state index in [4.69, 9.17) is 4.74 Å². The van der Waals surface area contributed by atoms with Crippen LogP contribution in [0.3, 0.4) is 0 Å². The summed E-state index contributed by atoms with van der Waals surface area (Å²) in [5.41, 5.74) is 1.96. The van der Waals surface area contributed by atoms with Gasteiger partial charge >= 0.3 is 0 Å². The molecule has 0 saturated carbocycles. The van der Waals surface area contributed by atoms with Crippen LogP contribution in [0.1, 0.15) is 5.56 Å². The lowest BCUT2D eigenvalue weighted by Gasteiger charge is -2.10. The Hall–Kier alpha value is -3.25. The van der Waals surface area contributed by atoms with Crippen LogP contribution in [0.4, 0.5) is 0 Å². The summed E-state index contributed by atoms with van der Waals surface area (Å²) in [6.07, 6.45) is 1.61. The molecule has 4 rings (SSSR count). The van der Waals surface area contributed by atoms with Crippen molar-refractivity contribution in [1.82, 2.24) is 9.66 Å². The van der Waals surface area contributed by atoms with Crippen LogP contribution in [0.15, 0.2) is 87.2 Å². The summed E-state index contributed by atoms with van der Waals surface area (Å²) >= 11 is 3.45. The number of hydrogen-bond acceptors (Lipinski definition) is 4. The average molecular weight is 434 g/mol. The molecule has 1 aromatic heterocycles. The molecular weight excluding hydrogens is 418 g/mol. The van der Waals surface area contributed by atoms with Gasteiger partial charge in [-0.2, -0.15) is 9.78 Å². The van der Waals surface area contributed by atoms with E-state index in [-0.39, 0.29) is 5.56 Å². The van der Waals surface area contributed by atoms with E-state index in [2.05, 4.69) is 26.0 Å². The highest BCUT2D eigenvalue weighted by atomic mass is 79.9. The molecule has 0 amide bonds. The van der Waals surface area contributed by atoms with E-state index in [9.17, 15) is 4.79 Å². The lowest BCUT2D eigenvalue weighted by Crippen LogP contribution is -2.20. The number of para-hydroxylation sites is 1. The van der Waals surface area contributed by atoms with E-state index in [1.165, 1.54) is 4.68 Å². The van der Waals surface area contributed by atoms with Crippen LogP contribution >= 0.6 is 15.9 Å². The maximum Gasteiger partial charge on any atom is 0.282 e. The predicted octanol–water partition coefficient (Wildman–Crippen LogP) is 4.72. The summed E-state index contributed by atoms with van der Waals surface area (Å²) in [7, 11) is 1.60. The summed E-state index contributed by atoms with van der Waals surface area (Å²) in [6, 6.07) is 22.4. The number of halogens is 1. The Kier molecular flexibility index (Phi) is 5.04. The van der Waals surface area contributed by atoms with Crippen molar-refractivity contribution in [3.05, 3.63) is 93.2 Å². The van der Waals surface area contributed by atoms with Crippen molar-refractivity contribution in [2.24, 2.45) is 5.10 Å². The van der Waals surface area contributed by atoms with Crippen molar-refractivity contribution in [2.45, 2.75) is 0 Å². The average Bonchev–Trinajstić information content (AvgIpc) is 2.74. The molecule has 5 nitrogen and oxygen atoms in total. The highest BCUT2D eigenvalue weighted by Gasteiger charge is 2.12. The number of benzene rings is 3. The fourth-order valence-corrected chi connectivity index (χ4v) is 3.31. The van der Waals surface area contributed by atoms with Crippen molar-refractivity contribution in [3.8, 4) is 17.1 Å². The van der Waals surface area contributed by atoms with Crippen molar-refractivity contribution >= 4 is 33.0 Å². The monoisotopic (exact) mass is 433 g/mol. The third-order valence-electron chi connectivity index (χ3n) is 4.29. The molecule has 0 unspecified atom stereocenters. The third-order valence-corrected chi connectivity index (χ3v) is 4.78. The second-order valence-electron chi connectivity index (χ2n) is 6.07. The summed E-state index contributed by atoms with van der Waals surface area (Å²) in [5, 5.41) is 4.98. The maximum absolute atomic E-state index is 13.1. The summed E-state index contributed by atoms with van der Waals surface area (Å²) < 4.78 is 7.61. The molecule has 0 aliphatic carbocycles. The molecule has 3 aromatic carbocycles. The summed E-state index contributed by atoms with van der Waals surface area (Å²) in [6.45, 7) is 0. The molecule has 1 heterocycles. The second-order valence-corrected chi connectivity index (χ2v) is 6.98. The van der Waals surface area contributed by atoms with Gasteiger partial charge in [0, 0.05) is 15.6 Å². The molecule has 0 aliphatic heterocycles. The lowest BCUT2D eigenvalue weighted by molar-refractivity contribution is 0.414. The second kappa shape index (κ2) is 7.78. The Balaban J connectivity index is 1.94. The predicted molar refractivity (Wildman–Crippen MR) is 115 cm³/mol. The lowest BCUT2D eigenvalue weighted by atomic mass is 10.2. The van der Waals surface area contributed by atoms with Crippen LogP contribution in [0.25, 0.3) is 22.3 Å². The number of nitrogens with zero attached hydrogens (tertiary/aromatic N) is 3. The van der Waals surface area contributed by atoms with Gasteiger partial charge in [-0.15, -0.1) is 0 Å². The fraction of sp³-hybridized carbons (Fsp3) is 0.0455. The molecular formula is C22H16BrN3O2. The maximum atomic E-state index is 13.1. The first-order chi connectivity index (χ1) is 13.7. The van der Waals surface area contributed by atoms with Crippen molar-refractivity contribution < 1.29 is 4.74 Å². The highest BCUT2D eigenvalue weighted by molar-refractivity contribution is 9.10. The molecule has 0 aliphatic rings. The number of methoxy groups -OCH3 is 1. The number of ether oxygens (including phenoxy) is 1. The SMILES string of the molecule is COc1ccc(Br)cc1C=Nn1c(-c2ccccc2)nc2ccccc2c1=O. The molecule has 0 radical (unpaired) electrons. The minimum atomic E-state index is -0.227. The fourth-order valence-electron chi connectivity index (χ4n) is 2.93. The molecule has 4 aromatic rings. The van der Waals surface area contributed by atoms with Crippen LogP contribution in [-0.4, -0.2) is 23.0 Å². The minimum absolute atomic E-state index is 0.227. The van der Waals surface area contributed by atoms with Gasteiger partial charge in [-0.1, -0.05) is 58.4 Å². The molecule has 0 saturated heterocycles. The zero-order valence-corrected chi connectivity index (χ0v) is 16.6. The first kappa shape index (κ1) is 18.1. The number of hydrogen-bond donors (Lipinski definition) is 0. The van der Waals surface area contributed by atoms with Crippen LogP contribution in [0.5, 0.6) is 5.75 Å². The molecule has 138 valence electrons. The Labute approximate surface area is 170 Å². The Morgan fingerprint density at radius 3 is 2.57 bits per heavy atom. The van der Waals surface area contributed by atoms with Gasteiger partial charge < -0.3 is 4.74 Å². The first-order valence-corrected chi connectivity index (χ1v) is 9.42. The Morgan fingerprint density at radius 1 is 1.04 bits per heavy atom. The van der Waals surface area contributed by atoms with E-state index in [1.807, 2.05) is 66.7 Å². The normalized spacial score (nSPS) is 11.2. The molecule has 0 N–H and O–H groups in total. The third kappa shape index (κ3) is 3.46. The van der Waals surface area contributed by atoms with Gasteiger partial charge in [0.2, 0.25) is 0 Å². The zero-order valence-electron chi connectivity index (χ0n) is 15.0. The molecule has 0 atom stereocenters. The van der Waals surface area contributed by atoms with E-state index >= 15 is 0 Å². The molecule has 0 bridgehead atoms. The van der Waals surface area contributed by atoms with Gasteiger partial charge in [0.1, 0.15) is 5.75 Å². The molecule has 0 fully saturated rings. The number of rotatable bonds is 4. The summed E-state index contributed by atoms with van der Waals surface area (Å²) in [4.78, 5) is 17.8. The minimum Gasteiger partial charge on any atom is -0.496 e. The smallest absolute Gasteiger partial charge is 0.282 e. The quantitative estimate of drug-likeness (QED) is 0.437. The van der Waals surface area contributed by atoms with Crippen LogP contribution in [0, 0.1) is 0 Å². The summed E-state index contributed by atoms with van der Waals surface area (Å²) in [5.74, 6) is 1.14. The van der Waals surface area contributed by atoms with Crippen LogP contribution in [-0.2, 0) is 0 Å². The van der Waals surface area contributed by atoms with Crippen LogP contribution < -0.4 is 10.3 Å². The Morgan fingerprint density at radius 2 is 1.79 bits per heavy atom. The zero-order chi connectivity index (χ0) is 19.5. The largest absolute Gasteiger partial charge is 0.496 e. The standard InChI is InChI=1S/C22H16BrN3O2/c1-28-20-12-11-17(23)13-16(20)14-24-26-21(15-7-3-2-4-8-15)25-19-10-6-5-9-18(19)22(26)27/h2-14H,1H3. The van der Waals surface area contributed by atoms with Crippen molar-refractivity contribution in [2.75, 3.05) is 7.11 Å². The van der Waals surface area contributed by atoms with Gasteiger partial charge in [0.05, 0.1) is 24.2 Å². The van der Waals surface area contributed by atoms with Gasteiger partial charge in [-0.25, -0.2) is 4.98 Å².